The summed E-state index contributed by atoms with van der Waals surface area (Å²) in [7, 11) is 1.55. The van der Waals surface area contributed by atoms with Gasteiger partial charge in [-0.1, -0.05) is 0 Å². The van der Waals surface area contributed by atoms with Gasteiger partial charge in [0.1, 0.15) is 11.6 Å². The molecule has 0 bridgehead atoms. The van der Waals surface area contributed by atoms with E-state index in [1.165, 1.54) is 12.1 Å². The molecule has 1 aromatic carbocycles. The first-order valence-corrected chi connectivity index (χ1v) is 5.75. The van der Waals surface area contributed by atoms with Crippen LogP contribution < -0.4 is 5.32 Å². The minimum absolute atomic E-state index is 0.323. The van der Waals surface area contributed by atoms with E-state index in [0.29, 0.717) is 11.5 Å². The van der Waals surface area contributed by atoms with Crippen LogP contribution in [0.5, 0.6) is 0 Å². The number of nitrogens with zero attached hydrogens (tertiary/aromatic N) is 1. The number of aryl methyl sites for hydroxylation is 1. The third-order valence-electron chi connectivity index (χ3n) is 2.83. The summed E-state index contributed by atoms with van der Waals surface area (Å²) in [5.41, 5.74) is 2.10. The van der Waals surface area contributed by atoms with E-state index in [0.717, 1.165) is 11.3 Å². The van der Waals surface area contributed by atoms with E-state index in [2.05, 4.69) is 15.3 Å². The van der Waals surface area contributed by atoms with Gasteiger partial charge in [0, 0.05) is 11.3 Å². The van der Waals surface area contributed by atoms with Gasteiger partial charge in [-0.25, -0.2) is 9.37 Å². The fourth-order valence-corrected chi connectivity index (χ4v) is 1.89. The Bertz CT molecular complexity index is 592. The van der Waals surface area contributed by atoms with E-state index >= 15 is 0 Å². The Morgan fingerprint density at radius 2 is 2.05 bits per heavy atom. The van der Waals surface area contributed by atoms with Crippen LogP contribution in [0.2, 0.25) is 0 Å². The monoisotopic (exact) mass is 263 g/mol. The molecule has 100 valence electrons. The Kier molecular flexibility index (Phi) is 3.62. The summed E-state index contributed by atoms with van der Waals surface area (Å²) in [6.45, 7) is 1.80. The molecule has 0 spiro atoms. The predicted octanol–water partition coefficient (Wildman–Crippen LogP) is 1.87. The van der Waals surface area contributed by atoms with Gasteiger partial charge in [0.15, 0.2) is 6.04 Å². The van der Waals surface area contributed by atoms with Crippen molar-refractivity contribution in [1.82, 2.24) is 15.3 Å². The van der Waals surface area contributed by atoms with E-state index in [4.69, 9.17) is 5.11 Å². The van der Waals surface area contributed by atoms with Crippen LogP contribution in [0.1, 0.15) is 17.6 Å². The van der Waals surface area contributed by atoms with Crippen LogP contribution in [-0.4, -0.2) is 28.1 Å². The number of carbonyl (C=O) groups is 1. The van der Waals surface area contributed by atoms with Crippen molar-refractivity contribution in [3.8, 4) is 11.3 Å². The SMILES string of the molecule is CNC(C(=O)O)c1nc(-c2ccc(F)cc2)c(C)[nH]1. The highest BCUT2D eigenvalue weighted by atomic mass is 19.1. The van der Waals surface area contributed by atoms with Crippen LogP contribution in [0.25, 0.3) is 11.3 Å². The van der Waals surface area contributed by atoms with Gasteiger partial charge in [-0.3, -0.25) is 4.79 Å². The predicted molar refractivity (Wildman–Crippen MR) is 68.2 cm³/mol. The summed E-state index contributed by atoms with van der Waals surface area (Å²) in [6.07, 6.45) is 0. The molecule has 5 nitrogen and oxygen atoms in total. The number of H-pyrrole nitrogens is 1. The molecule has 0 fully saturated rings. The van der Waals surface area contributed by atoms with E-state index < -0.39 is 12.0 Å². The first kappa shape index (κ1) is 13.2. The lowest BCUT2D eigenvalue weighted by Crippen LogP contribution is -2.26. The van der Waals surface area contributed by atoms with Crippen molar-refractivity contribution in [2.24, 2.45) is 0 Å². The van der Waals surface area contributed by atoms with E-state index in [-0.39, 0.29) is 5.82 Å². The second kappa shape index (κ2) is 5.19. The molecule has 0 saturated carbocycles. The second-order valence-corrected chi connectivity index (χ2v) is 4.16. The maximum Gasteiger partial charge on any atom is 0.328 e. The smallest absolute Gasteiger partial charge is 0.328 e. The maximum absolute atomic E-state index is 12.9. The standard InChI is InChI=1S/C13H14FN3O2/c1-7-10(8-3-5-9(14)6-4-8)17-12(16-7)11(15-2)13(18)19/h3-6,11,15H,1-2H3,(H,16,17)(H,18,19). The first-order chi connectivity index (χ1) is 9.02. The Morgan fingerprint density at radius 3 is 2.58 bits per heavy atom. The number of hydrogen-bond donors (Lipinski definition) is 3. The summed E-state index contributed by atoms with van der Waals surface area (Å²) in [5, 5.41) is 11.7. The van der Waals surface area contributed by atoms with Gasteiger partial charge in [-0.05, 0) is 38.2 Å². The molecule has 19 heavy (non-hydrogen) atoms. The fourth-order valence-electron chi connectivity index (χ4n) is 1.89. The quantitative estimate of drug-likeness (QED) is 0.787. The number of nitrogens with one attached hydrogen (secondary N) is 2. The van der Waals surface area contributed by atoms with Crippen molar-refractivity contribution in [1.29, 1.82) is 0 Å². The third kappa shape index (κ3) is 2.63. The normalized spacial score (nSPS) is 12.4. The van der Waals surface area contributed by atoms with Gasteiger partial charge in [0.25, 0.3) is 0 Å². The minimum atomic E-state index is -1.01. The van der Waals surface area contributed by atoms with Crippen LogP contribution in [0.15, 0.2) is 24.3 Å². The topological polar surface area (TPSA) is 78.0 Å². The molecule has 0 saturated heterocycles. The molecule has 2 aromatic rings. The minimum Gasteiger partial charge on any atom is -0.480 e. The van der Waals surface area contributed by atoms with Crippen LogP contribution in [0, 0.1) is 12.7 Å². The van der Waals surface area contributed by atoms with Gasteiger partial charge in [-0.15, -0.1) is 0 Å². The molecule has 1 atom stereocenters. The second-order valence-electron chi connectivity index (χ2n) is 4.16. The van der Waals surface area contributed by atoms with Crippen molar-refractivity contribution in [2.45, 2.75) is 13.0 Å². The molecule has 0 radical (unpaired) electrons. The first-order valence-electron chi connectivity index (χ1n) is 5.75. The van der Waals surface area contributed by atoms with Gasteiger partial charge >= 0.3 is 5.97 Å². The van der Waals surface area contributed by atoms with Crippen molar-refractivity contribution in [2.75, 3.05) is 7.05 Å². The van der Waals surface area contributed by atoms with E-state index in [1.54, 1.807) is 26.1 Å². The lowest BCUT2D eigenvalue weighted by Gasteiger charge is -2.06. The summed E-state index contributed by atoms with van der Waals surface area (Å²) < 4.78 is 12.9. The Morgan fingerprint density at radius 1 is 1.42 bits per heavy atom. The number of aliphatic carboxylic acids is 1. The maximum atomic E-state index is 12.9. The highest BCUT2D eigenvalue weighted by Gasteiger charge is 2.22. The van der Waals surface area contributed by atoms with E-state index in [1.807, 2.05) is 0 Å². The van der Waals surface area contributed by atoms with Gasteiger partial charge in [-0.2, -0.15) is 0 Å². The number of halogens is 1. The van der Waals surface area contributed by atoms with Crippen molar-refractivity contribution < 1.29 is 14.3 Å². The number of benzene rings is 1. The Balaban J connectivity index is 2.41. The molecule has 1 unspecified atom stereocenters. The number of aromatic amines is 1. The highest BCUT2D eigenvalue weighted by molar-refractivity contribution is 5.75. The molecule has 0 aliphatic rings. The molecule has 3 N–H and O–H groups in total. The number of hydrogen-bond acceptors (Lipinski definition) is 3. The lowest BCUT2D eigenvalue weighted by molar-refractivity contribution is -0.139. The molecule has 0 aliphatic heterocycles. The zero-order valence-electron chi connectivity index (χ0n) is 10.6. The number of likely N-dealkylation sites (N-methyl/N-ethyl adjacent to an activating group) is 1. The molecule has 2 rings (SSSR count). The van der Waals surface area contributed by atoms with Crippen molar-refractivity contribution in [3.63, 3.8) is 0 Å². The van der Waals surface area contributed by atoms with Gasteiger partial charge in [0.05, 0.1) is 5.69 Å². The summed E-state index contributed by atoms with van der Waals surface area (Å²) in [6, 6.07) is 5.01. The number of imidazole rings is 1. The summed E-state index contributed by atoms with van der Waals surface area (Å²) in [4.78, 5) is 18.3. The molecule has 6 heteroatoms. The molecular formula is C13H14FN3O2. The summed E-state index contributed by atoms with van der Waals surface area (Å²) >= 11 is 0. The van der Waals surface area contributed by atoms with Crippen molar-refractivity contribution in [3.05, 3.63) is 41.6 Å². The zero-order valence-corrected chi connectivity index (χ0v) is 10.6. The number of aromatic nitrogens is 2. The van der Waals surface area contributed by atoms with Crippen LogP contribution in [-0.2, 0) is 4.79 Å². The Hall–Kier alpha value is -2.21. The van der Waals surface area contributed by atoms with Crippen LogP contribution in [0.4, 0.5) is 4.39 Å². The fraction of sp³-hybridized carbons (Fsp3) is 0.231. The molecule has 1 heterocycles. The van der Waals surface area contributed by atoms with Gasteiger partial charge < -0.3 is 15.4 Å². The van der Waals surface area contributed by atoms with E-state index in [9.17, 15) is 9.18 Å². The summed E-state index contributed by atoms with van der Waals surface area (Å²) in [5.74, 6) is -1.01. The average molecular weight is 263 g/mol. The lowest BCUT2D eigenvalue weighted by atomic mass is 10.1. The average Bonchev–Trinajstić information content (AvgIpc) is 2.72. The molecule has 0 amide bonds. The Labute approximate surface area is 109 Å². The zero-order chi connectivity index (χ0) is 14.0. The third-order valence-corrected chi connectivity index (χ3v) is 2.83. The molecule has 0 aliphatic carbocycles. The van der Waals surface area contributed by atoms with Crippen molar-refractivity contribution >= 4 is 5.97 Å². The largest absolute Gasteiger partial charge is 0.480 e. The van der Waals surface area contributed by atoms with Gasteiger partial charge in [0.2, 0.25) is 0 Å². The van der Waals surface area contributed by atoms with Crippen LogP contribution >= 0.6 is 0 Å². The van der Waals surface area contributed by atoms with Crippen LogP contribution in [0.3, 0.4) is 0 Å². The molecule has 1 aromatic heterocycles. The highest BCUT2D eigenvalue weighted by Crippen LogP contribution is 2.23. The molecular weight excluding hydrogens is 249 g/mol. The number of carboxylic acids is 1. The number of carboxylic acid groups (broad SMARTS) is 1. The number of rotatable bonds is 4.